The third kappa shape index (κ3) is 4.93. The average molecular weight is 344 g/mol. The summed E-state index contributed by atoms with van der Waals surface area (Å²) in [7, 11) is -1.64. The van der Waals surface area contributed by atoms with Crippen LogP contribution in [0, 0.1) is 0 Å². The third-order valence-corrected chi connectivity index (χ3v) is 4.63. The first kappa shape index (κ1) is 16.9. The van der Waals surface area contributed by atoms with Gasteiger partial charge in [-0.25, -0.2) is 13.1 Å². The van der Waals surface area contributed by atoms with Crippen LogP contribution in [0.3, 0.4) is 0 Å². The van der Waals surface area contributed by atoms with Crippen LogP contribution in [-0.2, 0) is 10.0 Å². The molecule has 17 heavy (non-hydrogen) atoms. The van der Waals surface area contributed by atoms with Crippen LogP contribution in [0.15, 0.2) is 33.6 Å². The summed E-state index contributed by atoms with van der Waals surface area (Å²) >= 11 is 3.22. The second-order valence-corrected chi connectivity index (χ2v) is 6.06. The average Bonchev–Trinajstić information content (AvgIpc) is 2.26. The van der Waals surface area contributed by atoms with Crippen molar-refractivity contribution in [3.05, 3.63) is 28.7 Å². The Kier molecular flexibility index (Phi) is 7.27. The van der Waals surface area contributed by atoms with Crippen molar-refractivity contribution < 1.29 is 8.42 Å². The Morgan fingerprint density at radius 2 is 1.94 bits per heavy atom. The maximum Gasteiger partial charge on any atom is 0.241 e. The molecule has 0 radical (unpaired) electrons. The maximum atomic E-state index is 11.9. The van der Waals surface area contributed by atoms with E-state index in [1.165, 1.54) is 0 Å². The molecule has 0 aliphatic carbocycles. The second kappa shape index (κ2) is 7.33. The molecule has 0 bridgehead atoms. The van der Waals surface area contributed by atoms with E-state index in [4.69, 9.17) is 0 Å². The van der Waals surface area contributed by atoms with Gasteiger partial charge in [0, 0.05) is 17.1 Å². The highest BCUT2D eigenvalue weighted by Gasteiger charge is 2.17. The summed E-state index contributed by atoms with van der Waals surface area (Å²) in [5.41, 5.74) is 0. The summed E-state index contributed by atoms with van der Waals surface area (Å²) in [5, 5.41) is 2.96. The third-order valence-electron chi connectivity index (χ3n) is 2.20. The fraction of sp³-hybridized carbons (Fsp3) is 0.400. The lowest BCUT2D eigenvalue weighted by Crippen LogP contribution is -2.37. The molecule has 0 saturated carbocycles. The molecule has 2 N–H and O–H groups in total. The van der Waals surface area contributed by atoms with Crippen LogP contribution in [0.1, 0.15) is 6.92 Å². The fourth-order valence-electron chi connectivity index (χ4n) is 1.08. The Bertz CT molecular complexity index is 453. The molecule has 0 aliphatic heterocycles. The zero-order valence-corrected chi connectivity index (χ0v) is 12.8. The van der Waals surface area contributed by atoms with Crippen molar-refractivity contribution in [2.75, 3.05) is 13.6 Å². The van der Waals surface area contributed by atoms with Gasteiger partial charge >= 0.3 is 0 Å². The number of halogens is 2. The minimum Gasteiger partial charge on any atom is -0.316 e. The van der Waals surface area contributed by atoms with Gasteiger partial charge in [-0.3, -0.25) is 0 Å². The van der Waals surface area contributed by atoms with Crippen LogP contribution < -0.4 is 10.0 Å². The molecule has 1 unspecified atom stereocenters. The highest BCUT2D eigenvalue weighted by Crippen LogP contribution is 2.20. The Labute approximate surface area is 117 Å². The van der Waals surface area contributed by atoms with Gasteiger partial charge in [-0.1, -0.05) is 12.1 Å². The standard InChI is InChI=1S/C10H15BrN2O2S.ClH/c1-8(12-2)7-13-16(14,15)10-6-4-3-5-9(10)11;/h3-6,8,12-13H,7H2,1-2H3;1H. The molecule has 0 amide bonds. The number of sulfonamides is 1. The van der Waals surface area contributed by atoms with E-state index in [0.717, 1.165) is 0 Å². The molecule has 0 fully saturated rings. The molecule has 1 rings (SSSR count). The van der Waals surface area contributed by atoms with Crippen LogP contribution in [0.4, 0.5) is 0 Å². The number of benzene rings is 1. The Morgan fingerprint density at radius 3 is 2.47 bits per heavy atom. The van der Waals surface area contributed by atoms with Gasteiger partial charge in [0.25, 0.3) is 0 Å². The topological polar surface area (TPSA) is 58.2 Å². The summed E-state index contributed by atoms with van der Waals surface area (Å²) in [6.07, 6.45) is 0. The minimum absolute atomic E-state index is 0. The molecular formula is C10H16BrClN2O2S. The van der Waals surface area contributed by atoms with Gasteiger partial charge in [-0.2, -0.15) is 0 Å². The first-order chi connectivity index (χ1) is 7.47. The molecule has 4 nitrogen and oxygen atoms in total. The van der Waals surface area contributed by atoms with Crippen LogP contribution in [0.25, 0.3) is 0 Å². The number of rotatable bonds is 5. The Balaban J connectivity index is 0.00000256. The Hall–Kier alpha value is -0.140. The lowest BCUT2D eigenvalue weighted by atomic mass is 10.4. The van der Waals surface area contributed by atoms with E-state index >= 15 is 0 Å². The van der Waals surface area contributed by atoms with E-state index in [2.05, 4.69) is 26.0 Å². The second-order valence-electron chi connectivity index (χ2n) is 3.47. The van der Waals surface area contributed by atoms with Gasteiger partial charge in [0.15, 0.2) is 0 Å². The highest BCUT2D eigenvalue weighted by molar-refractivity contribution is 9.10. The molecule has 7 heteroatoms. The van der Waals surface area contributed by atoms with Gasteiger partial charge in [-0.15, -0.1) is 12.4 Å². The monoisotopic (exact) mass is 342 g/mol. The molecule has 1 aromatic carbocycles. The zero-order valence-electron chi connectivity index (χ0n) is 9.60. The van der Waals surface area contributed by atoms with E-state index in [9.17, 15) is 8.42 Å². The van der Waals surface area contributed by atoms with Gasteiger partial charge < -0.3 is 5.32 Å². The smallest absolute Gasteiger partial charge is 0.241 e. The quantitative estimate of drug-likeness (QED) is 0.856. The van der Waals surface area contributed by atoms with Crippen molar-refractivity contribution >= 4 is 38.4 Å². The molecule has 1 aromatic rings. The molecule has 0 aromatic heterocycles. The van der Waals surface area contributed by atoms with Gasteiger partial charge in [0.1, 0.15) is 0 Å². The van der Waals surface area contributed by atoms with Gasteiger partial charge in [0.05, 0.1) is 4.90 Å². The van der Waals surface area contributed by atoms with E-state index in [0.29, 0.717) is 11.0 Å². The number of likely N-dealkylation sites (N-methyl/N-ethyl adjacent to an activating group) is 1. The van der Waals surface area contributed by atoms with Crippen molar-refractivity contribution in [2.45, 2.75) is 17.9 Å². The van der Waals surface area contributed by atoms with Gasteiger partial charge in [0.2, 0.25) is 10.0 Å². The summed E-state index contributed by atoms with van der Waals surface area (Å²) in [6.45, 7) is 2.27. The normalized spacial score (nSPS) is 12.9. The fourth-order valence-corrected chi connectivity index (χ4v) is 3.21. The van der Waals surface area contributed by atoms with Crippen molar-refractivity contribution in [1.29, 1.82) is 0 Å². The molecule has 98 valence electrons. The number of hydrogen-bond acceptors (Lipinski definition) is 3. The summed E-state index contributed by atoms with van der Waals surface area (Å²) < 4.78 is 26.9. The minimum atomic E-state index is -3.43. The number of nitrogens with one attached hydrogen (secondary N) is 2. The zero-order chi connectivity index (χ0) is 12.2. The van der Waals surface area contributed by atoms with Crippen molar-refractivity contribution in [3.63, 3.8) is 0 Å². The van der Waals surface area contributed by atoms with Crippen molar-refractivity contribution in [1.82, 2.24) is 10.0 Å². The SMILES string of the molecule is CNC(C)CNS(=O)(=O)c1ccccc1Br.Cl. The van der Waals surface area contributed by atoms with Crippen LogP contribution in [-0.4, -0.2) is 28.1 Å². The van der Waals surface area contributed by atoms with Crippen LogP contribution in [0.2, 0.25) is 0 Å². The molecule has 1 atom stereocenters. The first-order valence-corrected chi connectivity index (χ1v) is 7.16. The Morgan fingerprint density at radius 1 is 1.35 bits per heavy atom. The first-order valence-electron chi connectivity index (χ1n) is 4.89. The van der Waals surface area contributed by atoms with Crippen molar-refractivity contribution in [3.8, 4) is 0 Å². The maximum absolute atomic E-state index is 11.9. The van der Waals surface area contributed by atoms with Crippen molar-refractivity contribution in [2.24, 2.45) is 0 Å². The van der Waals surface area contributed by atoms with E-state index in [-0.39, 0.29) is 23.3 Å². The molecule has 0 heterocycles. The van der Waals surface area contributed by atoms with E-state index in [1.54, 1.807) is 31.3 Å². The van der Waals surface area contributed by atoms with E-state index in [1.807, 2.05) is 6.92 Å². The molecule has 0 saturated heterocycles. The lowest BCUT2D eigenvalue weighted by Gasteiger charge is -2.12. The molecule has 0 aliphatic rings. The predicted molar refractivity (Wildman–Crippen MR) is 75.1 cm³/mol. The summed E-state index contributed by atoms with van der Waals surface area (Å²) in [6, 6.07) is 6.84. The molecule has 0 spiro atoms. The summed E-state index contributed by atoms with van der Waals surface area (Å²) in [5.74, 6) is 0. The number of hydrogen-bond donors (Lipinski definition) is 2. The van der Waals surface area contributed by atoms with Crippen LogP contribution in [0.5, 0.6) is 0 Å². The predicted octanol–water partition coefficient (Wildman–Crippen LogP) is 1.76. The van der Waals surface area contributed by atoms with E-state index < -0.39 is 10.0 Å². The van der Waals surface area contributed by atoms with Crippen LogP contribution >= 0.6 is 28.3 Å². The molecular weight excluding hydrogens is 328 g/mol. The lowest BCUT2D eigenvalue weighted by molar-refractivity contribution is 0.554. The van der Waals surface area contributed by atoms with Gasteiger partial charge in [-0.05, 0) is 42.0 Å². The largest absolute Gasteiger partial charge is 0.316 e. The highest BCUT2D eigenvalue weighted by atomic mass is 79.9. The summed E-state index contributed by atoms with van der Waals surface area (Å²) in [4.78, 5) is 0.262.